The standard InChI is InChI=1S/C16H21NO2/c1-2-14-12-19-16(10-6-7-11-16)17(14)15(18)13-8-4-3-5-9-13/h3-5,8-9,14H,2,6-7,10-12H2,1H3/t14-/m0/s1. The molecule has 2 fully saturated rings. The molecule has 3 heteroatoms. The zero-order valence-corrected chi connectivity index (χ0v) is 11.5. The van der Waals surface area contributed by atoms with Crippen LogP contribution in [0, 0.1) is 0 Å². The smallest absolute Gasteiger partial charge is 0.256 e. The predicted molar refractivity (Wildman–Crippen MR) is 73.8 cm³/mol. The van der Waals surface area contributed by atoms with Crippen molar-refractivity contribution >= 4 is 5.91 Å². The lowest BCUT2D eigenvalue weighted by atomic mass is 10.1. The quantitative estimate of drug-likeness (QED) is 0.816. The molecule has 1 aliphatic carbocycles. The zero-order chi connectivity index (χ0) is 13.3. The van der Waals surface area contributed by atoms with Gasteiger partial charge in [0, 0.05) is 5.56 Å². The summed E-state index contributed by atoms with van der Waals surface area (Å²) in [5.74, 6) is 0.131. The van der Waals surface area contributed by atoms with E-state index in [1.165, 1.54) is 0 Å². The van der Waals surface area contributed by atoms with Crippen molar-refractivity contribution < 1.29 is 9.53 Å². The van der Waals surface area contributed by atoms with Gasteiger partial charge in [-0.2, -0.15) is 0 Å². The molecule has 1 spiro atoms. The van der Waals surface area contributed by atoms with Gasteiger partial charge in [-0.05, 0) is 44.2 Å². The Labute approximate surface area is 114 Å². The molecule has 1 amide bonds. The van der Waals surface area contributed by atoms with Crippen LogP contribution in [0.1, 0.15) is 49.4 Å². The molecule has 1 saturated carbocycles. The molecule has 0 unspecified atom stereocenters. The molecule has 0 aromatic heterocycles. The molecule has 1 heterocycles. The van der Waals surface area contributed by atoms with Crippen molar-refractivity contribution in [2.24, 2.45) is 0 Å². The number of hydrogen-bond acceptors (Lipinski definition) is 2. The predicted octanol–water partition coefficient (Wildman–Crippen LogP) is 3.21. The average Bonchev–Trinajstić information content (AvgIpc) is 3.07. The molecular formula is C16H21NO2. The van der Waals surface area contributed by atoms with Crippen molar-refractivity contribution in [3.8, 4) is 0 Å². The lowest BCUT2D eigenvalue weighted by Gasteiger charge is -2.36. The van der Waals surface area contributed by atoms with Crippen molar-refractivity contribution in [3.63, 3.8) is 0 Å². The zero-order valence-electron chi connectivity index (χ0n) is 11.5. The summed E-state index contributed by atoms with van der Waals surface area (Å²) in [4.78, 5) is 14.9. The minimum atomic E-state index is -0.312. The third-order valence-electron chi connectivity index (χ3n) is 4.44. The van der Waals surface area contributed by atoms with E-state index < -0.39 is 0 Å². The van der Waals surface area contributed by atoms with Crippen LogP contribution < -0.4 is 0 Å². The second-order valence-corrected chi connectivity index (χ2v) is 5.57. The summed E-state index contributed by atoms with van der Waals surface area (Å²) < 4.78 is 6.07. The number of benzene rings is 1. The van der Waals surface area contributed by atoms with Gasteiger partial charge in [0.1, 0.15) is 5.72 Å². The maximum absolute atomic E-state index is 12.8. The van der Waals surface area contributed by atoms with E-state index in [0.717, 1.165) is 37.7 Å². The summed E-state index contributed by atoms with van der Waals surface area (Å²) in [6.45, 7) is 2.82. The van der Waals surface area contributed by atoms with E-state index in [2.05, 4.69) is 6.92 Å². The van der Waals surface area contributed by atoms with Crippen LogP contribution in [0.15, 0.2) is 30.3 Å². The van der Waals surface area contributed by atoms with Crippen molar-refractivity contribution in [1.82, 2.24) is 4.90 Å². The SMILES string of the molecule is CC[C@H]1COC2(CCCC2)N1C(=O)c1ccccc1. The Bertz CT molecular complexity index is 451. The molecule has 102 valence electrons. The van der Waals surface area contributed by atoms with Crippen LogP contribution in [0.25, 0.3) is 0 Å². The molecular weight excluding hydrogens is 238 g/mol. The first kappa shape index (κ1) is 12.7. The molecule has 3 nitrogen and oxygen atoms in total. The van der Waals surface area contributed by atoms with Crippen LogP contribution in [-0.2, 0) is 4.74 Å². The van der Waals surface area contributed by atoms with E-state index in [0.29, 0.717) is 6.61 Å². The minimum Gasteiger partial charge on any atom is -0.353 e. The third-order valence-corrected chi connectivity index (χ3v) is 4.44. The number of rotatable bonds is 2. The third kappa shape index (κ3) is 2.06. The van der Waals surface area contributed by atoms with Crippen LogP contribution in [0.5, 0.6) is 0 Å². The summed E-state index contributed by atoms with van der Waals surface area (Å²) >= 11 is 0. The molecule has 1 aliphatic heterocycles. The number of carbonyl (C=O) groups is 1. The number of carbonyl (C=O) groups excluding carboxylic acids is 1. The Balaban J connectivity index is 1.92. The Morgan fingerprint density at radius 3 is 2.63 bits per heavy atom. The van der Waals surface area contributed by atoms with Crippen LogP contribution in [0.2, 0.25) is 0 Å². The van der Waals surface area contributed by atoms with E-state index in [9.17, 15) is 4.79 Å². The molecule has 0 bridgehead atoms. The van der Waals surface area contributed by atoms with Gasteiger partial charge in [-0.3, -0.25) is 4.79 Å². The van der Waals surface area contributed by atoms with Crippen LogP contribution in [0.3, 0.4) is 0 Å². The molecule has 1 aromatic rings. The minimum absolute atomic E-state index is 0.131. The van der Waals surface area contributed by atoms with Crippen molar-refractivity contribution in [3.05, 3.63) is 35.9 Å². The van der Waals surface area contributed by atoms with Crippen molar-refractivity contribution in [2.75, 3.05) is 6.61 Å². The van der Waals surface area contributed by atoms with E-state index >= 15 is 0 Å². The van der Waals surface area contributed by atoms with Gasteiger partial charge in [0.15, 0.2) is 0 Å². The van der Waals surface area contributed by atoms with Crippen molar-refractivity contribution in [2.45, 2.75) is 50.8 Å². The first-order valence-electron chi connectivity index (χ1n) is 7.29. The molecule has 1 aromatic carbocycles. The van der Waals surface area contributed by atoms with E-state index in [-0.39, 0.29) is 17.7 Å². The largest absolute Gasteiger partial charge is 0.353 e. The first-order chi connectivity index (χ1) is 9.27. The number of nitrogens with zero attached hydrogens (tertiary/aromatic N) is 1. The van der Waals surface area contributed by atoms with Crippen LogP contribution in [0.4, 0.5) is 0 Å². The van der Waals surface area contributed by atoms with E-state index in [1.807, 2.05) is 35.2 Å². The topological polar surface area (TPSA) is 29.5 Å². The van der Waals surface area contributed by atoms with Gasteiger partial charge >= 0.3 is 0 Å². The number of amides is 1. The number of hydrogen-bond donors (Lipinski definition) is 0. The average molecular weight is 259 g/mol. The lowest BCUT2D eigenvalue weighted by Crippen LogP contribution is -2.49. The number of ether oxygens (including phenoxy) is 1. The first-order valence-corrected chi connectivity index (χ1v) is 7.29. The molecule has 0 N–H and O–H groups in total. The maximum atomic E-state index is 12.8. The fraction of sp³-hybridized carbons (Fsp3) is 0.562. The van der Waals surface area contributed by atoms with Gasteiger partial charge in [-0.25, -0.2) is 0 Å². The van der Waals surface area contributed by atoms with Crippen molar-refractivity contribution in [1.29, 1.82) is 0 Å². The Morgan fingerprint density at radius 1 is 1.32 bits per heavy atom. The van der Waals surface area contributed by atoms with Crippen LogP contribution in [-0.4, -0.2) is 29.2 Å². The highest BCUT2D eigenvalue weighted by Gasteiger charge is 2.50. The summed E-state index contributed by atoms with van der Waals surface area (Å²) in [5.41, 5.74) is 0.464. The summed E-state index contributed by atoms with van der Waals surface area (Å²) in [6.07, 6.45) is 5.26. The summed E-state index contributed by atoms with van der Waals surface area (Å²) in [5, 5.41) is 0. The van der Waals surface area contributed by atoms with Gasteiger partial charge in [0.2, 0.25) is 0 Å². The van der Waals surface area contributed by atoms with Gasteiger partial charge in [-0.1, -0.05) is 25.1 Å². The van der Waals surface area contributed by atoms with Gasteiger partial charge in [-0.15, -0.1) is 0 Å². The Morgan fingerprint density at radius 2 is 2.00 bits per heavy atom. The van der Waals surface area contributed by atoms with E-state index in [4.69, 9.17) is 4.74 Å². The van der Waals surface area contributed by atoms with Gasteiger partial charge in [0.05, 0.1) is 12.6 Å². The summed E-state index contributed by atoms with van der Waals surface area (Å²) in [7, 11) is 0. The normalized spacial score (nSPS) is 25.1. The van der Waals surface area contributed by atoms with E-state index in [1.54, 1.807) is 0 Å². The fourth-order valence-electron chi connectivity index (χ4n) is 3.41. The fourth-order valence-corrected chi connectivity index (χ4v) is 3.41. The highest BCUT2D eigenvalue weighted by molar-refractivity contribution is 5.95. The second-order valence-electron chi connectivity index (χ2n) is 5.57. The highest BCUT2D eigenvalue weighted by atomic mass is 16.5. The molecule has 1 atom stereocenters. The lowest BCUT2D eigenvalue weighted by molar-refractivity contribution is -0.0642. The molecule has 0 radical (unpaired) electrons. The Kier molecular flexibility index (Phi) is 3.31. The van der Waals surface area contributed by atoms with Crippen LogP contribution >= 0.6 is 0 Å². The molecule has 1 saturated heterocycles. The molecule has 19 heavy (non-hydrogen) atoms. The summed E-state index contributed by atoms with van der Waals surface area (Å²) in [6, 6.07) is 9.82. The highest BCUT2D eigenvalue weighted by Crippen LogP contribution is 2.43. The molecule has 2 aliphatic rings. The Hall–Kier alpha value is -1.35. The molecule has 3 rings (SSSR count). The van der Waals surface area contributed by atoms with Gasteiger partial charge in [0.25, 0.3) is 5.91 Å². The van der Waals surface area contributed by atoms with Gasteiger partial charge < -0.3 is 9.64 Å². The monoisotopic (exact) mass is 259 g/mol. The maximum Gasteiger partial charge on any atom is 0.256 e. The second kappa shape index (κ2) is 4.97.